The Bertz CT molecular complexity index is 1070. The lowest BCUT2D eigenvalue weighted by Gasteiger charge is -2.07. The number of pyridine rings is 1. The van der Waals surface area contributed by atoms with Crippen LogP contribution in [0.15, 0.2) is 66.9 Å². The molecule has 0 aliphatic rings. The van der Waals surface area contributed by atoms with Gasteiger partial charge in [0.2, 0.25) is 0 Å². The number of benzene rings is 2. The molecule has 4 rings (SSSR count). The summed E-state index contributed by atoms with van der Waals surface area (Å²) in [6.07, 6.45) is 1.63. The normalized spacial score (nSPS) is 10.8. The predicted molar refractivity (Wildman–Crippen MR) is 100.0 cm³/mol. The van der Waals surface area contributed by atoms with Gasteiger partial charge in [0.25, 0.3) is 5.91 Å². The molecule has 0 aliphatic carbocycles. The highest BCUT2D eigenvalue weighted by atomic mass is 16.1. The summed E-state index contributed by atoms with van der Waals surface area (Å²) >= 11 is 0. The molecule has 0 saturated carbocycles. The summed E-state index contributed by atoms with van der Waals surface area (Å²) in [5, 5.41) is 11.2. The largest absolute Gasteiger partial charge is 0.307 e. The summed E-state index contributed by atoms with van der Waals surface area (Å²) in [6, 6.07) is 19.0. The number of nitrogens with one attached hydrogen (secondary N) is 1. The number of nitrogens with zero attached hydrogens (tertiary/aromatic N) is 4. The maximum Gasteiger partial charge on any atom is 0.256 e. The van der Waals surface area contributed by atoms with Gasteiger partial charge < -0.3 is 5.32 Å². The summed E-state index contributed by atoms with van der Waals surface area (Å²) in [6.45, 7) is 2.72. The third-order valence-corrected chi connectivity index (χ3v) is 4.26. The van der Waals surface area contributed by atoms with Crippen molar-refractivity contribution in [1.82, 2.24) is 20.0 Å². The van der Waals surface area contributed by atoms with Crippen molar-refractivity contribution in [3.8, 4) is 0 Å². The van der Waals surface area contributed by atoms with Crippen LogP contribution in [0.4, 0.5) is 5.82 Å². The number of anilines is 1. The molecular formula is C20H17N5O. The first-order chi connectivity index (χ1) is 12.7. The van der Waals surface area contributed by atoms with Crippen LogP contribution in [-0.4, -0.2) is 25.9 Å². The van der Waals surface area contributed by atoms with Crippen LogP contribution in [0, 0.1) is 6.92 Å². The fourth-order valence-electron chi connectivity index (χ4n) is 2.80. The average molecular weight is 343 g/mol. The van der Waals surface area contributed by atoms with Gasteiger partial charge in [-0.2, -0.15) is 0 Å². The minimum atomic E-state index is -0.223. The number of hydrogen-bond acceptors (Lipinski definition) is 4. The van der Waals surface area contributed by atoms with E-state index < -0.39 is 0 Å². The zero-order valence-electron chi connectivity index (χ0n) is 14.3. The number of aromatic nitrogens is 4. The Kier molecular flexibility index (Phi) is 4.15. The summed E-state index contributed by atoms with van der Waals surface area (Å²) in [5.41, 5.74) is 4.50. The Morgan fingerprint density at radius 3 is 2.73 bits per heavy atom. The molecular weight excluding hydrogens is 326 g/mol. The lowest BCUT2D eigenvalue weighted by atomic mass is 10.1. The second-order valence-corrected chi connectivity index (χ2v) is 6.05. The van der Waals surface area contributed by atoms with Crippen LogP contribution in [-0.2, 0) is 6.54 Å². The SMILES string of the molecule is Cc1ccccc1Cn1nnc2cc(C(=O)Nc3ccccn3)ccc21. The monoisotopic (exact) mass is 343 g/mol. The van der Waals surface area contributed by atoms with E-state index in [9.17, 15) is 4.79 Å². The highest BCUT2D eigenvalue weighted by Gasteiger charge is 2.11. The van der Waals surface area contributed by atoms with E-state index >= 15 is 0 Å². The molecule has 6 heteroatoms. The number of carbonyl (C=O) groups excluding carboxylic acids is 1. The number of carbonyl (C=O) groups is 1. The summed E-state index contributed by atoms with van der Waals surface area (Å²) in [4.78, 5) is 16.5. The van der Waals surface area contributed by atoms with E-state index in [-0.39, 0.29) is 5.91 Å². The van der Waals surface area contributed by atoms with Crippen molar-refractivity contribution in [2.75, 3.05) is 5.32 Å². The van der Waals surface area contributed by atoms with Crippen LogP contribution in [0.5, 0.6) is 0 Å². The maximum absolute atomic E-state index is 12.4. The highest BCUT2D eigenvalue weighted by Crippen LogP contribution is 2.17. The van der Waals surface area contributed by atoms with Crippen molar-refractivity contribution in [3.05, 3.63) is 83.6 Å². The van der Waals surface area contributed by atoms with Crippen molar-refractivity contribution in [3.63, 3.8) is 0 Å². The van der Waals surface area contributed by atoms with E-state index in [0.29, 0.717) is 23.4 Å². The molecule has 2 aromatic heterocycles. The van der Waals surface area contributed by atoms with Gasteiger partial charge in [-0.15, -0.1) is 5.10 Å². The predicted octanol–water partition coefficient (Wildman–Crippen LogP) is 3.44. The van der Waals surface area contributed by atoms with Gasteiger partial charge in [0.05, 0.1) is 12.1 Å². The van der Waals surface area contributed by atoms with E-state index in [4.69, 9.17) is 0 Å². The standard InChI is InChI=1S/C20H17N5O/c1-14-6-2-3-7-16(14)13-25-18-10-9-15(12-17(18)23-24-25)20(26)22-19-8-4-5-11-21-19/h2-12H,13H2,1H3,(H,21,22,26). The first-order valence-corrected chi connectivity index (χ1v) is 8.31. The van der Waals surface area contributed by atoms with Crippen molar-refractivity contribution >= 4 is 22.8 Å². The number of hydrogen-bond donors (Lipinski definition) is 1. The Morgan fingerprint density at radius 1 is 1.08 bits per heavy atom. The Hall–Kier alpha value is -3.54. The van der Waals surface area contributed by atoms with Gasteiger partial charge in [0.15, 0.2) is 0 Å². The van der Waals surface area contributed by atoms with Crippen LogP contribution in [0.2, 0.25) is 0 Å². The molecule has 26 heavy (non-hydrogen) atoms. The smallest absolute Gasteiger partial charge is 0.256 e. The van der Waals surface area contributed by atoms with Gasteiger partial charge in [0.1, 0.15) is 11.3 Å². The van der Waals surface area contributed by atoms with Crippen molar-refractivity contribution < 1.29 is 4.79 Å². The number of rotatable bonds is 4. The Balaban J connectivity index is 1.59. The number of fused-ring (bicyclic) bond motifs is 1. The molecule has 0 spiro atoms. The van der Waals surface area contributed by atoms with Crippen molar-refractivity contribution in [2.45, 2.75) is 13.5 Å². The van der Waals surface area contributed by atoms with Gasteiger partial charge in [-0.25, -0.2) is 9.67 Å². The molecule has 4 aromatic rings. The third kappa shape index (κ3) is 3.17. The van der Waals surface area contributed by atoms with E-state index in [0.717, 1.165) is 5.52 Å². The second kappa shape index (κ2) is 6.76. The average Bonchev–Trinajstić information content (AvgIpc) is 3.06. The third-order valence-electron chi connectivity index (χ3n) is 4.26. The first kappa shape index (κ1) is 16.0. The summed E-state index contributed by atoms with van der Waals surface area (Å²) < 4.78 is 1.85. The van der Waals surface area contributed by atoms with Crippen molar-refractivity contribution in [1.29, 1.82) is 0 Å². The van der Waals surface area contributed by atoms with Crippen molar-refractivity contribution in [2.24, 2.45) is 0 Å². The first-order valence-electron chi connectivity index (χ1n) is 8.31. The van der Waals surface area contributed by atoms with E-state index in [1.54, 1.807) is 30.5 Å². The molecule has 128 valence electrons. The van der Waals surface area contributed by atoms with E-state index in [2.05, 4.69) is 39.7 Å². The molecule has 2 aromatic carbocycles. The zero-order chi connectivity index (χ0) is 17.9. The van der Waals surface area contributed by atoms with Crippen LogP contribution < -0.4 is 5.32 Å². The van der Waals surface area contributed by atoms with Crippen LogP contribution in [0.3, 0.4) is 0 Å². The summed E-state index contributed by atoms with van der Waals surface area (Å²) in [7, 11) is 0. The van der Waals surface area contributed by atoms with Crippen LogP contribution in [0.25, 0.3) is 11.0 Å². The fraction of sp³-hybridized carbons (Fsp3) is 0.100. The van der Waals surface area contributed by atoms with Gasteiger partial charge in [-0.1, -0.05) is 35.5 Å². The molecule has 1 N–H and O–H groups in total. The minimum absolute atomic E-state index is 0.223. The number of aryl methyl sites for hydroxylation is 1. The fourth-order valence-corrected chi connectivity index (χ4v) is 2.80. The maximum atomic E-state index is 12.4. The van der Waals surface area contributed by atoms with Gasteiger partial charge >= 0.3 is 0 Å². The second-order valence-electron chi connectivity index (χ2n) is 6.05. The molecule has 0 aliphatic heterocycles. The molecule has 0 atom stereocenters. The van der Waals surface area contributed by atoms with E-state index in [1.165, 1.54) is 11.1 Å². The quantitative estimate of drug-likeness (QED) is 0.616. The molecule has 0 bridgehead atoms. The van der Waals surface area contributed by atoms with E-state index in [1.807, 2.05) is 28.9 Å². The van der Waals surface area contributed by atoms with Gasteiger partial charge in [-0.3, -0.25) is 4.79 Å². The molecule has 6 nitrogen and oxygen atoms in total. The molecule has 1 amide bonds. The van der Waals surface area contributed by atoms with Crippen LogP contribution in [0.1, 0.15) is 21.5 Å². The minimum Gasteiger partial charge on any atom is -0.307 e. The Morgan fingerprint density at radius 2 is 1.92 bits per heavy atom. The molecule has 0 unspecified atom stereocenters. The molecule has 0 radical (unpaired) electrons. The highest BCUT2D eigenvalue weighted by molar-refractivity contribution is 6.05. The molecule has 0 saturated heterocycles. The van der Waals surface area contributed by atoms with Gasteiger partial charge in [-0.05, 0) is 48.4 Å². The lowest BCUT2D eigenvalue weighted by molar-refractivity contribution is 0.102. The number of amides is 1. The lowest BCUT2D eigenvalue weighted by Crippen LogP contribution is -2.12. The summed E-state index contributed by atoms with van der Waals surface area (Å²) in [5.74, 6) is 0.292. The topological polar surface area (TPSA) is 72.7 Å². The molecule has 2 heterocycles. The zero-order valence-corrected chi connectivity index (χ0v) is 14.3. The Labute approximate surface area is 150 Å². The van der Waals surface area contributed by atoms with Crippen LogP contribution >= 0.6 is 0 Å². The molecule has 0 fully saturated rings. The van der Waals surface area contributed by atoms with Gasteiger partial charge in [0, 0.05) is 11.8 Å².